The normalized spacial score (nSPS) is 11.5. The monoisotopic (exact) mass is 529 g/mol. The Morgan fingerprint density at radius 1 is 0.500 bits per heavy atom. The van der Waals surface area contributed by atoms with E-state index in [1.54, 1.807) is 0 Å². The third-order valence-corrected chi connectivity index (χ3v) is 8.61. The van der Waals surface area contributed by atoms with Gasteiger partial charge in [0, 0.05) is 37.9 Å². The van der Waals surface area contributed by atoms with Crippen LogP contribution < -0.4 is 0 Å². The molecule has 0 saturated heterocycles. The van der Waals surface area contributed by atoms with Crippen molar-refractivity contribution in [2.24, 2.45) is 0 Å². The van der Waals surface area contributed by atoms with E-state index >= 15 is 0 Å². The number of para-hydroxylation sites is 2. The van der Waals surface area contributed by atoms with Crippen LogP contribution in [0.4, 0.5) is 0 Å². The molecule has 3 heterocycles. The topological polar surface area (TPSA) is 30.7 Å². The second-order valence-electron chi connectivity index (χ2n) is 9.87. The van der Waals surface area contributed by atoms with Gasteiger partial charge in [0.05, 0.1) is 27.1 Å². The van der Waals surface area contributed by atoms with Gasteiger partial charge in [0.2, 0.25) is 0 Å². The Bertz CT molecular complexity index is 2090. The molecule has 8 rings (SSSR count). The van der Waals surface area contributed by atoms with Crippen molar-refractivity contribution in [1.29, 1.82) is 0 Å². The Morgan fingerprint density at radius 3 is 1.88 bits per heavy atom. The Kier molecular flexibility index (Phi) is 5.32. The molecule has 40 heavy (non-hydrogen) atoms. The molecule has 188 valence electrons. The second-order valence-corrected chi connectivity index (χ2v) is 10.9. The quantitative estimate of drug-likeness (QED) is 0.227. The van der Waals surface area contributed by atoms with Gasteiger partial charge in [0.25, 0.3) is 0 Å². The van der Waals surface area contributed by atoms with Crippen LogP contribution in [0.3, 0.4) is 0 Å². The average Bonchev–Trinajstić information content (AvgIpc) is 3.56. The lowest BCUT2D eigenvalue weighted by atomic mass is 10.0. The number of aromatic nitrogens is 3. The van der Waals surface area contributed by atoms with Crippen LogP contribution >= 0.6 is 11.3 Å². The standard InChI is InChI=1S/C36H23N3S/c1-4-12-24(13-5-1)30-23-31(38-36(37-30)25-14-6-2-7-15-25)26-20-21-33-29(22-26)34-35(40-33)28-18-10-11-19-32(28)39(34)27-16-8-3-9-17-27/h1-23H. The van der Waals surface area contributed by atoms with Crippen molar-refractivity contribution >= 4 is 42.5 Å². The number of hydrogen-bond donors (Lipinski definition) is 0. The van der Waals surface area contributed by atoms with Crippen LogP contribution in [0.5, 0.6) is 0 Å². The van der Waals surface area contributed by atoms with Gasteiger partial charge in [-0.1, -0.05) is 103 Å². The highest BCUT2D eigenvalue weighted by Gasteiger charge is 2.19. The average molecular weight is 530 g/mol. The Morgan fingerprint density at radius 2 is 1.12 bits per heavy atom. The minimum Gasteiger partial charge on any atom is -0.308 e. The van der Waals surface area contributed by atoms with E-state index < -0.39 is 0 Å². The van der Waals surface area contributed by atoms with Crippen LogP contribution in [0.25, 0.3) is 70.8 Å². The number of nitrogens with zero attached hydrogens (tertiary/aromatic N) is 3. The predicted molar refractivity (Wildman–Crippen MR) is 168 cm³/mol. The molecule has 0 amide bonds. The first kappa shape index (κ1) is 22.9. The molecule has 0 bridgehead atoms. The summed E-state index contributed by atoms with van der Waals surface area (Å²) in [6.45, 7) is 0. The minimum atomic E-state index is 0.728. The summed E-state index contributed by atoms with van der Waals surface area (Å²) in [5.74, 6) is 0.728. The van der Waals surface area contributed by atoms with Gasteiger partial charge in [-0.3, -0.25) is 0 Å². The molecule has 0 aliphatic carbocycles. The molecule has 0 N–H and O–H groups in total. The van der Waals surface area contributed by atoms with E-state index in [1.165, 1.54) is 36.9 Å². The lowest BCUT2D eigenvalue weighted by Gasteiger charge is -2.10. The lowest BCUT2D eigenvalue weighted by molar-refractivity contribution is 1.18. The Labute approximate surface area is 235 Å². The van der Waals surface area contributed by atoms with Gasteiger partial charge in [-0.25, -0.2) is 9.97 Å². The summed E-state index contributed by atoms with van der Waals surface area (Å²) in [6.07, 6.45) is 0. The molecule has 0 saturated carbocycles. The summed E-state index contributed by atoms with van der Waals surface area (Å²) < 4.78 is 4.98. The molecule has 0 unspecified atom stereocenters. The van der Waals surface area contributed by atoms with Crippen molar-refractivity contribution in [3.8, 4) is 39.6 Å². The van der Waals surface area contributed by atoms with E-state index in [-0.39, 0.29) is 0 Å². The number of rotatable bonds is 4. The molecule has 0 aliphatic rings. The summed E-state index contributed by atoms with van der Waals surface area (Å²) in [5.41, 5.74) is 8.62. The molecule has 0 aliphatic heterocycles. The maximum atomic E-state index is 5.08. The van der Waals surface area contributed by atoms with Gasteiger partial charge in [-0.05, 0) is 36.4 Å². The molecular formula is C36H23N3S. The molecule has 8 aromatic rings. The van der Waals surface area contributed by atoms with Crippen molar-refractivity contribution in [3.63, 3.8) is 0 Å². The first-order valence-corrected chi connectivity index (χ1v) is 14.2. The number of benzene rings is 5. The maximum Gasteiger partial charge on any atom is 0.160 e. The van der Waals surface area contributed by atoms with Gasteiger partial charge in [-0.2, -0.15) is 0 Å². The van der Waals surface area contributed by atoms with Crippen LogP contribution in [0, 0.1) is 0 Å². The van der Waals surface area contributed by atoms with Crippen LogP contribution in [0.2, 0.25) is 0 Å². The summed E-state index contributed by atoms with van der Waals surface area (Å²) in [5, 5.41) is 2.52. The summed E-state index contributed by atoms with van der Waals surface area (Å²) in [4.78, 5) is 10.1. The van der Waals surface area contributed by atoms with E-state index in [4.69, 9.17) is 9.97 Å². The van der Waals surface area contributed by atoms with Crippen molar-refractivity contribution in [2.45, 2.75) is 0 Å². The number of hydrogen-bond acceptors (Lipinski definition) is 3. The van der Waals surface area contributed by atoms with Gasteiger partial charge in [0.15, 0.2) is 5.82 Å². The van der Waals surface area contributed by atoms with E-state index in [2.05, 4.69) is 120 Å². The van der Waals surface area contributed by atoms with Gasteiger partial charge >= 0.3 is 0 Å². The van der Waals surface area contributed by atoms with Crippen LogP contribution in [-0.4, -0.2) is 14.5 Å². The molecule has 0 atom stereocenters. The number of fused-ring (bicyclic) bond motifs is 5. The fourth-order valence-corrected chi connectivity index (χ4v) is 6.75. The Balaban J connectivity index is 1.40. The van der Waals surface area contributed by atoms with E-state index in [0.29, 0.717) is 0 Å². The highest BCUT2D eigenvalue weighted by atomic mass is 32.1. The molecule has 4 heteroatoms. The highest BCUT2D eigenvalue weighted by molar-refractivity contribution is 7.26. The summed E-state index contributed by atoms with van der Waals surface area (Å²) >= 11 is 1.86. The van der Waals surface area contributed by atoms with Gasteiger partial charge < -0.3 is 4.57 Å². The van der Waals surface area contributed by atoms with Crippen molar-refractivity contribution in [3.05, 3.63) is 140 Å². The Hall–Kier alpha value is -5.06. The molecule has 5 aromatic carbocycles. The molecular weight excluding hydrogens is 506 g/mol. The zero-order valence-corrected chi connectivity index (χ0v) is 22.3. The first-order chi connectivity index (χ1) is 19.8. The minimum absolute atomic E-state index is 0.728. The van der Waals surface area contributed by atoms with Gasteiger partial charge in [-0.15, -0.1) is 11.3 Å². The largest absolute Gasteiger partial charge is 0.308 e. The molecule has 3 nitrogen and oxygen atoms in total. The van der Waals surface area contributed by atoms with Crippen LogP contribution in [0.15, 0.2) is 140 Å². The maximum absolute atomic E-state index is 5.08. The van der Waals surface area contributed by atoms with Crippen LogP contribution in [0.1, 0.15) is 0 Å². The third-order valence-electron chi connectivity index (χ3n) is 7.41. The predicted octanol–water partition coefficient (Wildman–Crippen LogP) is 9.79. The van der Waals surface area contributed by atoms with Crippen molar-refractivity contribution in [1.82, 2.24) is 14.5 Å². The smallest absolute Gasteiger partial charge is 0.160 e. The molecule has 0 radical (unpaired) electrons. The summed E-state index contributed by atoms with van der Waals surface area (Å²) in [7, 11) is 0. The van der Waals surface area contributed by atoms with Crippen molar-refractivity contribution in [2.75, 3.05) is 0 Å². The van der Waals surface area contributed by atoms with Gasteiger partial charge in [0.1, 0.15) is 0 Å². The molecule has 3 aromatic heterocycles. The van der Waals surface area contributed by atoms with E-state index in [1.807, 2.05) is 35.6 Å². The fourth-order valence-electron chi connectivity index (χ4n) is 5.54. The lowest BCUT2D eigenvalue weighted by Crippen LogP contribution is -1.96. The first-order valence-electron chi connectivity index (χ1n) is 13.3. The zero-order valence-electron chi connectivity index (χ0n) is 21.5. The van der Waals surface area contributed by atoms with Crippen molar-refractivity contribution < 1.29 is 0 Å². The number of thiophene rings is 1. The second kappa shape index (κ2) is 9.30. The van der Waals surface area contributed by atoms with Crippen LogP contribution in [-0.2, 0) is 0 Å². The zero-order chi connectivity index (χ0) is 26.5. The third kappa shape index (κ3) is 3.73. The van der Waals surface area contributed by atoms with E-state index in [9.17, 15) is 0 Å². The summed E-state index contributed by atoms with van der Waals surface area (Å²) in [6, 6.07) is 48.7. The van der Waals surface area contributed by atoms with E-state index in [0.717, 1.165) is 33.9 Å². The molecule has 0 fully saturated rings. The molecule has 0 spiro atoms. The highest BCUT2D eigenvalue weighted by Crippen LogP contribution is 2.43. The SMILES string of the molecule is c1ccc(-c2cc(-c3ccc4sc5c6ccccc6n(-c6ccccc6)c5c4c3)nc(-c3ccccc3)n2)cc1. The fraction of sp³-hybridized carbons (Fsp3) is 0.